The number of benzene rings is 1. The van der Waals surface area contributed by atoms with Gasteiger partial charge in [0, 0.05) is 18.7 Å². The topological polar surface area (TPSA) is 32.7 Å². The van der Waals surface area contributed by atoms with Gasteiger partial charge in [0.25, 0.3) is 0 Å². The average molecular weight is 275 g/mol. The van der Waals surface area contributed by atoms with Crippen molar-refractivity contribution in [3.63, 3.8) is 0 Å². The summed E-state index contributed by atoms with van der Waals surface area (Å²) in [5.74, 6) is 2.25. The average Bonchev–Trinajstić information content (AvgIpc) is 3.15. The lowest BCUT2D eigenvalue weighted by Gasteiger charge is -2.19. The van der Waals surface area contributed by atoms with E-state index >= 15 is 0 Å². The minimum absolute atomic E-state index is 0.193. The Hall–Kier alpha value is -1.06. The Balaban J connectivity index is 1.58. The first-order chi connectivity index (χ1) is 9.72. The molecule has 0 bridgehead atoms. The summed E-state index contributed by atoms with van der Waals surface area (Å²) in [5.41, 5.74) is 1.28. The fourth-order valence-electron chi connectivity index (χ4n) is 2.91. The van der Waals surface area contributed by atoms with E-state index in [0.29, 0.717) is 5.92 Å². The van der Waals surface area contributed by atoms with Crippen LogP contribution in [0.4, 0.5) is 0 Å². The smallest absolute Gasteiger partial charge is 0.123 e. The van der Waals surface area contributed by atoms with Crippen LogP contribution in [-0.2, 0) is 6.54 Å². The molecule has 1 saturated carbocycles. The maximum absolute atomic E-state index is 9.69. The predicted molar refractivity (Wildman–Crippen MR) is 79.7 cm³/mol. The van der Waals surface area contributed by atoms with Gasteiger partial charge >= 0.3 is 0 Å². The van der Waals surface area contributed by atoms with Crippen LogP contribution in [0.5, 0.6) is 5.75 Å². The molecule has 0 radical (unpaired) electrons. The normalized spacial score (nSPS) is 24.8. The molecule has 0 amide bonds. The highest BCUT2D eigenvalue weighted by Crippen LogP contribution is 2.31. The molecule has 0 spiro atoms. The van der Waals surface area contributed by atoms with Crippen molar-refractivity contribution < 1.29 is 9.84 Å². The van der Waals surface area contributed by atoms with Crippen LogP contribution in [0.2, 0.25) is 0 Å². The van der Waals surface area contributed by atoms with E-state index in [2.05, 4.69) is 23.1 Å². The van der Waals surface area contributed by atoms with Gasteiger partial charge in [0.1, 0.15) is 5.75 Å². The molecule has 20 heavy (non-hydrogen) atoms. The summed E-state index contributed by atoms with van der Waals surface area (Å²) in [5, 5.41) is 9.69. The Morgan fingerprint density at radius 2 is 2.10 bits per heavy atom. The number of hydrogen-bond acceptors (Lipinski definition) is 3. The standard InChI is InChI=1S/C17H25NO2/c1-13(19)15-8-9-18(10-15)11-16-4-2-3-5-17(16)20-12-14-6-7-14/h2-5,13-15,19H,6-12H2,1H3. The lowest BCUT2D eigenvalue weighted by Crippen LogP contribution is -2.24. The van der Waals surface area contributed by atoms with Gasteiger partial charge in [-0.05, 0) is 50.6 Å². The third kappa shape index (κ3) is 3.53. The van der Waals surface area contributed by atoms with Crippen LogP contribution in [0.25, 0.3) is 0 Å². The zero-order valence-electron chi connectivity index (χ0n) is 12.3. The fourth-order valence-corrected chi connectivity index (χ4v) is 2.91. The fraction of sp³-hybridized carbons (Fsp3) is 0.647. The zero-order valence-corrected chi connectivity index (χ0v) is 12.3. The van der Waals surface area contributed by atoms with E-state index in [1.807, 2.05) is 13.0 Å². The lowest BCUT2D eigenvalue weighted by molar-refractivity contribution is 0.127. The predicted octanol–water partition coefficient (Wildman–Crippen LogP) is 2.68. The van der Waals surface area contributed by atoms with Crippen molar-refractivity contribution in [3.8, 4) is 5.75 Å². The zero-order chi connectivity index (χ0) is 13.9. The summed E-state index contributed by atoms with van der Waals surface area (Å²) in [6.45, 7) is 5.78. The third-order valence-electron chi connectivity index (χ3n) is 4.53. The summed E-state index contributed by atoms with van der Waals surface area (Å²) in [7, 11) is 0. The molecule has 2 aliphatic rings. The second-order valence-corrected chi connectivity index (χ2v) is 6.39. The van der Waals surface area contributed by atoms with Gasteiger partial charge in [0.15, 0.2) is 0 Å². The first kappa shape index (κ1) is 13.9. The van der Waals surface area contributed by atoms with Crippen molar-refractivity contribution in [2.45, 2.75) is 38.8 Å². The molecule has 1 aliphatic heterocycles. The molecule has 3 heteroatoms. The van der Waals surface area contributed by atoms with Gasteiger partial charge in [0.2, 0.25) is 0 Å². The van der Waals surface area contributed by atoms with E-state index in [9.17, 15) is 5.11 Å². The summed E-state index contributed by atoms with van der Waals surface area (Å²) < 4.78 is 5.97. The van der Waals surface area contributed by atoms with Crippen LogP contribution in [0.15, 0.2) is 24.3 Å². The Bertz CT molecular complexity index is 442. The van der Waals surface area contributed by atoms with Gasteiger partial charge in [0.05, 0.1) is 12.7 Å². The molecule has 3 rings (SSSR count). The second-order valence-electron chi connectivity index (χ2n) is 6.39. The number of likely N-dealkylation sites (tertiary alicyclic amines) is 1. The van der Waals surface area contributed by atoms with Gasteiger partial charge < -0.3 is 9.84 Å². The van der Waals surface area contributed by atoms with Crippen LogP contribution in [-0.4, -0.2) is 35.8 Å². The van der Waals surface area contributed by atoms with Crippen LogP contribution in [0, 0.1) is 11.8 Å². The molecule has 2 atom stereocenters. The highest BCUT2D eigenvalue weighted by molar-refractivity contribution is 5.33. The van der Waals surface area contributed by atoms with Crippen molar-refractivity contribution in [3.05, 3.63) is 29.8 Å². The molecule has 1 saturated heterocycles. The molecular formula is C17H25NO2. The number of aliphatic hydroxyl groups is 1. The summed E-state index contributed by atoms with van der Waals surface area (Å²) >= 11 is 0. The first-order valence-corrected chi connectivity index (χ1v) is 7.83. The van der Waals surface area contributed by atoms with Gasteiger partial charge in [-0.1, -0.05) is 18.2 Å². The quantitative estimate of drug-likeness (QED) is 0.866. The van der Waals surface area contributed by atoms with E-state index in [0.717, 1.165) is 44.3 Å². The molecule has 1 aromatic rings. The summed E-state index contributed by atoms with van der Waals surface area (Å²) in [6.07, 6.45) is 3.55. The molecule has 0 aromatic heterocycles. The summed E-state index contributed by atoms with van der Waals surface area (Å²) in [4.78, 5) is 2.43. The van der Waals surface area contributed by atoms with Crippen molar-refractivity contribution in [2.75, 3.05) is 19.7 Å². The van der Waals surface area contributed by atoms with Crippen LogP contribution >= 0.6 is 0 Å². The Morgan fingerprint density at radius 3 is 2.80 bits per heavy atom. The van der Waals surface area contributed by atoms with Crippen molar-refractivity contribution in [1.29, 1.82) is 0 Å². The SMILES string of the molecule is CC(O)C1CCN(Cc2ccccc2OCC2CC2)C1. The maximum atomic E-state index is 9.69. The van der Waals surface area contributed by atoms with Crippen molar-refractivity contribution >= 4 is 0 Å². The minimum Gasteiger partial charge on any atom is -0.493 e. The van der Waals surface area contributed by atoms with Gasteiger partial charge in [-0.3, -0.25) is 4.90 Å². The second kappa shape index (κ2) is 6.15. The number of rotatable bonds is 6. The lowest BCUT2D eigenvalue weighted by atomic mass is 10.0. The number of ether oxygens (including phenoxy) is 1. The molecule has 2 fully saturated rings. The molecule has 1 N–H and O–H groups in total. The first-order valence-electron chi connectivity index (χ1n) is 7.83. The number of para-hydroxylation sites is 1. The number of nitrogens with zero attached hydrogens (tertiary/aromatic N) is 1. The molecule has 110 valence electrons. The van der Waals surface area contributed by atoms with Gasteiger partial charge in [-0.2, -0.15) is 0 Å². The molecule has 1 aliphatic carbocycles. The third-order valence-corrected chi connectivity index (χ3v) is 4.53. The Labute approximate surface area is 121 Å². The molecule has 2 unspecified atom stereocenters. The molecule has 3 nitrogen and oxygen atoms in total. The number of aliphatic hydroxyl groups excluding tert-OH is 1. The van der Waals surface area contributed by atoms with Crippen LogP contribution < -0.4 is 4.74 Å². The highest BCUT2D eigenvalue weighted by atomic mass is 16.5. The largest absolute Gasteiger partial charge is 0.493 e. The molecular weight excluding hydrogens is 250 g/mol. The van der Waals surface area contributed by atoms with E-state index in [1.54, 1.807) is 0 Å². The number of hydrogen-bond donors (Lipinski definition) is 1. The van der Waals surface area contributed by atoms with Crippen molar-refractivity contribution in [2.24, 2.45) is 11.8 Å². The van der Waals surface area contributed by atoms with E-state index in [1.165, 1.54) is 18.4 Å². The van der Waals surface area contributed by atoms with Crippen LogP contribution in [0.1, 0.15) is 31.7 Å². The summed E-state index contributed by atoms with van der Waals surface area (Å²) in [6, 6.07) is 8.38. The monoisotopic (exact) mass is 275 g/mol. The van der Waals surface area contributed by atoms with Gasteiger partial charge in [-0.25, -0.2) is 0 Å². The van der Waals surface area contributed by atoms with E-state index in [4.69, 9.17) is 4.74 Å². The maximum Gasteiger partial charge on any atom is 0.123 e. The Morgan fingerprint density at radius 1 is 1.30 bits per heavy atom. The van der Waals surface area contributed by atoms with E-state index < -0.39 is 0 Å². The van der Waals surface area contributed by atoms with Crippen molar-refractivity contribution in [1.82, 2.24) is 4.90 Å². The highest BCUT2D eigenvalue weighted by Gasteiger charge is 2.27. The molecule has 1 aromatic carbocycles. The molecule has 1 heterocycles. The van der Waals surface area contributed by atoms with E-state index in [-0.39, 0.29) is 6.10 Å². The van der Waals surface area contributed by atoms with Crippen LogP contribution in [0.3, 0.4) is 0 Å². The Kier molecular flexibility index (Phi) is 4.27. The van der Waals surface area contributed by atoms with Gasteiger partial charge in [-0.15, -0.1) is 0 Å². The minimum atomic E-state index is -0.193.